The summed E-state index contributed by atoms with van der Waals surface area (Å²) in [4.78, 5) is 15.0. The molecule has 0 radical (unpaired) electrons. The van der Waals surface area contributed by atoms with E-state index in [0.717, 1.165) is 15.7 Å². The minimum Gasteiger partial charge on any atom is -0.301 e. The molecule has 1 amide bonds. The van der Waals surface area contributed by atoms with Crippen LogP contribution in [0.25, 0.3) is 0 Å². The summed E-state index contributed by atoms with van der Waals surface area (Å²) in [5.41, 5.74) is 2.66. The van der Waals surface area contributed by atoms with Crippen LogP contribution in [-0.4, -0.2) is 5.91 Å². The summed E-state index contributed by atoms with van der Waals surface area (Å²) in [6.45, 7) is 2.05. The topological polar surface area (TPSA) is 20.3 Å². The second-order valence-electron chi connectivity index (χ2n) is 5.60. The van der Waals surface area contributed by atoms with Gasteiger partial charge in [-0.25, -0.2) is 0 Å². The molecular formula is C21H18BrNO. The van der Waals surface area contributed by atoms with E-state index < -0.39 is 0 Å². The summed E-state index contributed by atoms with van der Waals surface area (Å²) in [7, 11) is 0. The average molecular weight is 380 g/mol. The first kappa shape index (κ1) is 16.5. The molecule has 24 heavy (non-hydrogen) atoms. The van der Waals surface area contributed by atoms with Gasteiger partial charge in [-0.2, -0.15) is 0 Å². The van der Waals surface area contributed by atoms with Crippen molar-refractivity contribution in [2.75, 3.05) is 4.90 Å². The Morgan fingerprint density at radius 3 is 1.96 bits per heavy atom. The summed E-state index contributed by atoms with van der Waals surface area (Å²) in [6.07, 6.45) is 0. The number of carbonyl (C=O) groups excluding carboxylic acids is 1. The van der Waals surface area contributed by atoms with Gasteiger partial charge in [0.2, 0.25) is 0 Å². The van der Waals surface area contributed by atoms with Crippen molar-refractivity contribution in [2.24, 2.45) is 0 Å². The van der Waals surface area contributed by atoms with Gasteiger partial charge in [-0.3, -0.25) is 4.79 Å². The Morgan fingerprint density at radius 1 is 0.833 bits per heavy atom. The van der Waals surface area contributed by atoms with Gasteiger partial charge in [-0.15, -0.1) is 0 Å². The summed E-state index contributed by atoms with van der Waals surface area (Å²) in [5.74, 6) is -0.00530. The number of nitrogens with zero attached hydrogens (tertiary/aromatic N) is 1. The minimum absolute atomic E-state index is 0.00530. The lowest BCUT2D eigenvalue weighted by molar-refractivity contribution is 0.0978. The third-order valence-electron chi connectivity index (χ3n) is 4.01. The fourth-order valence-corrected chi connectivity index (χ4v) is 2.98. The van der Waals surface area contributed by atoms with Gasteiger partial charge in [-0.1, -0.05) is 64.5 Å². The van der Waals surface area contributed by atoms with E-state index in [0.29, 0.717) is 5.56 Å². The highest BCUT2D eigenvalue weighted by atomic mass is 79.9. The number of carbonyl (C=O) groups is 1. The molecule has 3 heteroatoms. The van der Waals surface area contributed by atoms with Crippen molar-refractivity contribution < 1.29 is 4.79 Å². The first-order valence-corrected chi connectivity index (χ1v) is 8.65. The van der Waals surface area contributed by atoms with E-state index in [4.69, 9.17) is 0 Å². The van der Waals surface area contributed by atoms with Crippen molar-refractivity contribution in [1.82, 2.24) is 0 Å². The van der Waals surface area contributed by atoms with Crippen molar-refractivity contribution in [1.29, 1.82) is 0 Å². The Bertz CT molecular complexity index is 800. The Kier molecular flexibility index (Phi) is 5.11. The van der Waals surface area contributed by atoms with Crippen molar-refractivity contribution in [3.05, 3.63) is 101 Å². The number of benzene rings is 3. The molecule has 0 spiro atoms. The molecule has 0 saturated carbocycles. The van der Waals surface area contributed by atoms with E-state index in [2.05, 4.69) is 35.0 Å². The maximum Gasteiger partial charge on any atom is 0.258 e. The summed E-state index contributed by atoms with van der Waals surface area (Å²) >= 11 is 3.46. The zero-order valence-corrected chi connectivity index (χ0v) is 15.0. The van der Waals surface area contributed by atoms with Crippen LogP contribution in [-0.2, 0) is 0 Å². The standard InChI is InChI=1S/C21H18BrNO/c1-16(17-8-4-2-5-9-17)23(20-14-12-19(22)13-15-20)21(24)18-10-6-3-7-11-18/h2-16H,1H3/t16-/m0/s1. The van der Waals surface area contributed by atoms with Gasteiger partial charge in [0.15, 0.2) is 0 Å². The minimum atomic E-state index is -0.0694. The molecule has 3 rings (SSSR count). The smallest absolute Gasteiger partial charge is 0.258 e. The van der Waals surface area contributed by atoms with Crippen LogP contribution in [0.1, 0.15) is 28.9 Å². The van der Waals surface area contributed by atoms with E-state index in [1.807, 2.05) is 77.7 Å². The fourth-order valence-electron chi connectivity index (χ4n) is 2.72. The van der Waals surface area contributed by atoms with Crippen LogP contribution in [0.2, 0.25) is 0 Å². The van der Waals surface area contributed by atoms with Crippen LogP contribution in [0.5, 0.6) is 0 Å². The van der Waals surface area contributed by atoms with Crippen molar-refractivity contribution in [3.63, 3.8) is 0 Å². The number of hydrogen-bond donors (Lipinski definition) is 0. The predicted molar refractivity (Wildman–Crippen MR) is 102 cm³/mol. The predicted octanol–water partition coefficient (Wildman–Crippen LogP) is 5.86. The molecular weight excluding hydrogens is 362 g/mol. The van der Waals surface area contributed by atoms with Crippen LogP contribution in [0.15, 0.2) is 89.4 Å². The first-order chi connectivity index (χ1) is 11.7. The molecule has 3 aromatic rings. The van der Waals surface area contributed by atoms with Gasteiger partial charge in [0.1, 0.15) is 0 Å². The van der Waals surface area contributed by atoms with Crippen LogP contribution in [0, 0.1) is 0 Å². The largest absolute Gasteiger partial charge is 0.301 e. The number of hydrogen-bond acceptors (Lipinski definition) is 1. The van der Waals surface area contributed by atoms with Crippen LogP contribution in [0.4, 0.5) is 5.69 Å². The molecule has 0 aliphatic carbocycles. The molecule has 0 aromatic heterocycles. The number of amides is 1. The van der Waals surface area contributed by atoms with Crippen molar-refractivity contribution in [2.45, 2.75) is 13.0 Å². The zero-order chi connectivity index (χ0) is 16.9. The molecule has 0 N–H and O–H groups in total. The summed E-state index contributed by atoms with van der Waals surface area (Å²) in [6, 6.07) is 27.3. The van der Waals surface area contributed by atoms with Crippen LogP contribution >= 0.6 is 15.9 Å². The molecule has 0 saturated heterocycles. The summed E-state index contributed by atoms with van der Waals surface area (Å²) in [5, 5.41) is 0. The number of halogens is 1. The number of rotatable bonds is 4. The molecule has 2 nitrogen and oxygen atoms in total. The highest BCUT2D eigenvalue weighted by Gasteiger charge is 2.24. The van der Waals surface area contributed by atoms with E-state index >= 15 is 0 Å². The van der Waals surface area contributed by atoms with Crippen molar-refractivity contribution in [3.8, 4) is 0 Å². The highest BCUT2D eigenvalue weighted by Crippen LogP contribution is 2.29. The Labute approximate surface area is 150 Å². The normalized spacial score (nSPS) is 11.8. The van der Waals surface area contributed by atoms with Crippen molar-refractivity contribution >= 4 is 27.5 Å². The van der Waals surface area contributed by atoms with E-state index in [9.17, 15) is 4.79 Å². The van der Waals surface area contributed by atoms with Crippen LogP contribution < -0.4 is 4.90 Å². The SMILES string of the molecule is C[C@@H](c1ccccc1)N(C(=O)c1ccccc1)c1ccc(Br)cc1. The monoisotopic (exact) mass is 379 g/mol. The molecule has 120 valence electrons. The Hall–Kier alpha value is -2.39. The fraction of sp³-hybridized carbons (Fsp3) is 0.0952. The third-order valence-corrected chi connectivity index (χ3v) is 4.54. The molecule has 0 aliphatic heterocycles. The first-order valence-electron chi connectivity index (χ1n) is 7.86. The van der Waals surface area contributed by atoms with Gasteiger partial charge < -0.3 is 4.90 Å². The second kappa shape index (κ2) is 7.45. The van der Waals surface area contributed by atoms with Gasteiger partial charge >= 0.3 is 0 Å². The molecule has 0 heterocycles. The second-order valence-corrected chi connectivity index (χ2v) is 6.52. The highest BCUT2D eigenvalue weighted by molar-refractivity contribution is 9.10. The van der Waals surface area contributed by atoms with E-state index in [1.54, 1.807) is 0 Å². The molecule has 0 fully saturated rings. The van der Waals surface area contributed by atoms with E-state index in [1.165, 1.54) is 0 Å². The molecule has 0 bridgehead atoms. The third kappa shape index (κ3) is 3.57. The lowest BCUT2D eigenvalue weighted by Crippen LogP contribution is -2.33. The van der Waals surface area contributed by atoms with Gasteiger partial charge in [-0.05, 0) is 48.9 Å². The Balaban J connectivity index is 2.04. The number of anilines is 1. The van der Waals surface area contributed by atoms with Gasteiger partial charge in [0.25, 0.3) is 5.91 Å². The molecule has 3 aromatic carbocycles. The average Bonchev–Trinajstić information content (AvgIpc) is 2.64. The maximum absolute atomic E-state index is 13.2. The van der Waals surface area contributed by atoms with Gasteiger partial charge in [0.05, 0.1) is 6.04 Å². The maximum atomic E-state index is 13.2. The zero-order valence-electron chi connectivity index (χ0n) is 13.4. The lowest BCUT2D eigenvalue weighted by atomic mass is 10.0. The van der Waals surface area contributed by atoms with E-state index in [-0.39, 0.29) is 11.9 Å². The Morgan fingerprint density at radius 2 is 1.38 bits per heavy atom. The molecule has 0 aliphatic rings. The molecule has 0 unspecified atom stereocenters. The lowest BCUT2D eigenvalue weighted by Gasteiger charge is -2.30. The quantitative estimate of drug-likeness (QED) is 0.555. The van der Waals surface area contributed by atoms with Crippen LogP contribution in [0.3, 0.4) is 0 Å². The van der Waals surface area contributed by atoms with Gasteiger partial charge in [0, 0.05) is 15.7 Å². The summed E-state index contributed by atoms with van der Waals surface area (Å²) < 4.78 is 0.991. The molecule has 1 atom stereocenters.